The molecule has 2 aromatic carbocycles. The number of aliphatic hydroxyl groups excluding tert-OH is 1. The molecule has 0 fully saturated rings. The highest BCUT2D eigenvalue weighted by Gasteiger charge is 2.32. The Bertz CT molecular complexity index is 1220. The molecule has 3 amide bonds. The molecule has 42 heavy (non-hydrogen) atoms. The second kappa shape index (κ2) is 16.5. The summed E-state index contributed by atoms with van der Waals surface area (Å²) < 4.78 is 0. The van der Waals surface area contributed by atoms with Gasteiger partial charge in [0.25, 0.3) is 0 Å². The van der Waals surface area contributed by atoms with Gasteiger partial charge >= 0.3 is 5.97 Å². The molecule has 14 heteroatoms. The van der Waals surface area contributed by atoms with Gasteiger partial charge in [-0.3, -0.25) is 19.4 Å². The number of aliphatic carboxylic acids is 1. The predicted octanol–water partition coefficient (Wildman–Crippen LogP) is -1.52. The maximum Gasteiger partial charge on any atom is 0.328 e. The second-order valence-electron chi connectivity index (χ2n) is 9.80. The molecular formula is C28H39N7O7. The summed E-state index contributed by atoms with van der Waals surface area (Å²) in [5.74, 6) is -3.83. The first-order chi connectivity index (χ1) is 19.9. The van der Waals surface area contributed by atoms with Crippen molar-refractivity contribution in [1.29, 1.82) is 0 Å². The Morgan fingerprint density at radius 1 is 0.833 bits per heavy atom. The van der Waals surface area contributed by atoms with Gasteiger partial charge in [0, 0.05) is 13.0 Å². The van der Waals surface area contributed by atoms with E-state index in [1.807, 2.05) is 30.3 Å². The molecule has 0 saturated heterocycles. The van der Waals surface area contributed by atoms with Crippen molar-refractivity contribution in [3.8, 4) is 5.75 Å². The van der Waals surface area contributed by atoms with Crippen LogP contribution in [-0.4, -0.2) is 81.8 Å². The number of nitrogens with zero attached hydrogens (tertiary/aromatic N) is 1. The highest BCUT2D eigenvalue weighted by atomic mass is 16.4. The first-order valence-electron chi connectivity index (χ1n) is 13.3. The van der Waals surface area contributed by atoms with Crippen LogP contribution in [0.3, 0.4) is 0 Å². The van der Waals surface area contributed by atoms with Crippen molar-refractivity contribution < 1.29 is 34.5 Å². The Kier molecular flexibility index (Phi) is 13.2. The minimum atomic E-state index is -1.64. The molecule has 0 heterocycles. The molecule has 5 unspecified atom stereocenters. The van der Waals surface area contributed by atoms with Crippen molar-refractivity contribution in [2.24, 2.45) is 22.2 Å². The topological polar surface area (TPSA) is 255 Å². The van der Waals surface area contributed by atoms with E-state index in [0.717, 1.165) is 5.56 Å². The number of carboxylic acids is 1. The van der Waals surface area contributed by atoms with E-state index in [-0.39, 0.29) is 37.5 Å². The molecule has 0 bridgehead atoms. The van der Waals surface area contributed by atoms with Crippen LogP contribution in [0.15, 0.2) is 59.6 Å². The SMILES string of the molecule is CC(O)C(NC(=O)C(Cc1ccc(O)cc1)NC(=O)C(CCCN=C(N)N)NC(=O)C(N)Cc1ccccc1)C(=O)O. The number of guanidine groups is 1. The van der Waals surface area contributed by atoms with Crippen LogP contribution in [0, 0.1) is 0 Å². The van der Waals surface area contributed by atoms with E-state index in [1.54, 1.807) is 0 Å². The van der Waals surface area contributed by atoms with Crippen LogP contribution in [0.25, 0.3) is 0 Å². The number of amides is 3. The van der Waals surface area contributed by atoms with Crippen molar-refractivity contribution >= 4 is 29.7 Å². The fourth-order valence-corrected chi connectivity index (χ4v) is 4.00. The van der Waals surface area contributed by atoms with Gasteiger partial charge in [0.2, 0.25) is 17.7 Å². The minimum Gasteiger partial charge on any atom is -0.508 e. The lowest BCUT2D eigenvalue weighted by molar-refractivity contribution is -0.145. The predicted molar refractivity (Wildman–Crippen MR) is 155 cm³/mol. The number of carboxylic acid groups (broad SMARTS) is 1. The van der Waals surface area contributed by atoms with Crippen LogP contribution in [0.5, 0.6) is 5.75 Å². The Hall–Kier alpha value is -4.69. The molecule has 0 spiro atoms. The standard InChI is InChI=1S/C28H39N7O7/c1-16(36)23(27(41)42)35-26(40)22(15-18-9-11-19(37)12-10-18)34-25(39)21(8-5-13-32-28(30)31)33-24(38)20(29)14-17-6-3-2-4-7-17/h2-4,6-7,9-12,16,20-23,36-37H,5,8,13-15,29H2,1H3,(H,33,38)(H,34,39)(H,35,40)(H,41,42)(H4,30,31,32). The summed E-state index contributed by atoms with van der Waals surface area (Å²) in [5.41, 5.74) is 18.2. The zero-order valence-corrected chi connectivity index (χ0v) is 23.3. The normalized spacial score (nSPS) is 14.4. The van der Waals surface area contributed by atoms with Crippen molar-refractivity contribution in [1.82, 2.24) is 16.0 Å². The number of nitrogens with two attached hydrogens (primary N) is 3. The number of aliphatic hydroxyl groups is 1. The Morgan fingerprint density at radius 3 is 1.98 bits per heavy atom. The molecule has 0 radical (unpaired) electrons. The van der Waals surface area contributed by atoms with Crippen LogP contribution in [-0.2, 0) is 32.0 Å². The third-order valence-corrected chi connectivity index (χ3v) is 6.27. The number of benzene rings is 2. The van der Waals surface area contributed by atoms with E-state index >= 15 is 0 Å². The minimum absolute atomic E-state index is 0.0146. The zero-order chi connectivity index (χ0) is 31.2. The van der Waals surface area contributed by atoms with Gasteiger partial charge in [0.05, 0.1) is 12.1 Å². The van der Waals surface area contributed by atoms with E-state index in [0.29, 0.717) is 12.0 Å². The summed E-state index contributed by atoms with van der Waals surface area (Å²) in [4.78, 5) is 55.0. The Morgan fingerprint density at radius 2 is 1.40 bits per heavy atom. The van der Waals surface area contributed by atoms with E-state index in [2.05, 4.69) is 20.9 Å². The van der Waals surface area contributed by atoms with Gasteiger partial charge in [-0.2, -0.15) is 0 Å². The van der Waals surface area contributed by atoms with Gasteiger partial charge in [-0.15, -0.1) is 0 Å². The molecule has 12 N–H and O–H groups in total. The number of hydrogen-bond donors (Lipinski definition) is 9. The van der Waals surface area contributed by atoms with Crippen molar-refractivity contribution in [3.63, 3.8) is 0 Å². The maximum atomic E-state index is 13.5. The lowest BCUT2D eigenvalue weighted by atomic mass is 10.0. The number of phenols is 1. The van der Waals surface area contributed by atoms with Gasteiger partial charge in [0.15, 0.2) is 12.0 Å². The third-order valence-electron chi connectivity index (χ3n) is 6.27. The average molecular weight is 586 g/mol. The van der Waals surface area contributed by atoms with Gasteiger partial charge < -0.3 is 48.5 Å². The van der Waals surface area contributed by atoms with Crippen LogP contribution in [0.4, 0.5) is 0 Å². The van der Waals surface area contributed by atoms with Crippen molar-refractivity contribution in [2.75, 3.05) is 6.54 Å². The molecule has 0 aromatic heterocycles. The van der Waals surface area contributed by atoms with Gasteiger partial charge in [-0.25, -0.2) is 4.79 Å². The van der Waals surface area contributed by atoms with Crippen LogP contribution >= 0.6 is 0 Å². The third kappa shape index (κ3) is 11.4. The van der Waals surface area contributed by atoms with Gasteiger partial charge in [-0.1, -0.05) is 42.5 Å². The fraction of sp³-hybridized carbons (Fsp3) is 0.393. The summed E-state index contributed by atoms with van der Waals surface area (Å²) in [6.07, 6.45) is -0.915. The molecule has 228 valence electrons. The van der Waals surface area contributed by atoms with Crippen LogP contribution in [0.1, 0.15) is 30.9 Å². The molecule has 0 aliphatic heterocycles. The second-order valence-corrected chi connectivity index (χ2v) is 9.80. The lowest BCUT2D eigenvalue weighted by Gasteiger charge is -2.26. The van der Waals surface area contributed by atoms with Crippen molar-refractivity contribution in [3.05, 3.63) is 65.7 Å². The van der Waals surface area contributed by atoms with Crippen LogP contribution in [0.2, 0.25) is 0 Å². The average Bonchev–Trinajstić information content (AvgIpc) is 2.93. The van der Waals surface area contributed by atoms with E-state index < -0.39 is 54.0 Å². The molecule has 2 rings (SSSR count). The monoisotopic (exact) mass is 585 g/mol. The van der Waals surface area contributed by atoms with Gasteiger partial charge in [0.1, 0.15) is 17.8 Å². The van der Waals surface area contributed by atoms with Crippen molar-refractivity contribution in [2.45, 2.75) is 62.9 Å². The first-order valence-corrected chi connectivity index (χ1v) is 13.3. The molecular weight excluding hydrogens is 546 g/mol. The molecule has 5 atom stereocenters. The smallest absolute Gasteiger partial charge is 0.328 e. The largest absolute Gasteiger partial charge is 0.508 e. The molecule has 2 aromatic rings. The number of aliphatic imine (C=N–C) groups is 1. The molecule has 14 nitrogen and oxygen atoms in total. The van der Waals surface area contributed by atoms with E-state index in [1.165, 1.54) is 31.2 Å². The Balaban J connectivity index is 2.26. The number of carbonyl (C=O) groups is 4. The summed E-state index contributed by atoms with van der Waals surface area (Å²) in [5, 5.41) is 36.3. The van der Waals surface area contributed by atoms with Gasteiger partial charge in [-0.05, 0) is 49.4 Å². The maximum absolute atomic E-state index is 13.5. The number of nitrogens with one attached hydrogen (secondary N) is 3. The molecule has 0 aliphatic rings. The number of carbonyl (C=O) groups excluding carboxylic acids is 3. The summed E-state index contributed by atoms with van der Waals surface area (Å²) >= 11 is 0. The number of hydrogen-bond acceptors (Lipinski definition) is 8. The summed E-state index contributed by atoms with van der Waals surface area (Å²) in [6, 6.07) is 9.87. The zero-order valence-electron chi connectivity index (χ0n) is 23.3. The summed E-state index contributed by atoms with van der Waals surface area (Å²) in [6.45, 7) is 1.37. The highest BCUT2D eigenvalue weighted by Crippen LogP contribution is 2.12. The fourth-order valence-electron chi connectivity index (χ4n) is 4.00. The van der Waals surface area contributed by atoms with E-state index in [4.69, 9.17) is 17.2 Å². The Labute approximate surface area is 243 Å². The number of phenolic OH excluding ortho intramolecular Hbond substituents is 1. The molecule has 0 saturated carbocycles. The quantitative estimate of drug-likeness (QED) is 0.0624. The molecule has 0 aliphatic carbocycles. The summed E-state index contributed by atoms with van der Waals surface area (Å²) in [7, 11) is 0. The lowest BCUT2D eigenvalue weighted by Crippen LogP contribution is -2.58. The van der Waals surface area contributed by atoms with Crippen LogP contribution < -0.4 is 33.2 Å². The van der Waals surface area contributed by atoms with E-state index in [9.17, 15) is 34.5 Å². The number of rotatable bonds is 16. The number of aromatic hydroxyl groups is 1. The first kappa shape index (κ1) is 33.5. The highest BCUT2D eigenvalue weighted by molar-refractivity contribution is 5.94.